The maximum atomic E-state index is 13.6. The van der Waals surface area contributed by atoms with E-state index in [0.29, 0.717) is 16.6 Å². The summed E-state index contributed by atoms with van der Waals surface area (Å²) in [5.74, 6) is 4.86. The summed E-state index contributed by atoms with van der Waals surface area (Å²) < 4.78 is 13.6. The molecule has 1 amide bonds. The van der Waals surface area contributed by atoms with Crippen molar-refractivity contribution in [3.05, 3.63) is 101 Å². The first kappa shape index (κ1) is 29.2. The molecule has 1 aromatic heterocycles. The zero-order valence-electron chi connectivity index (χ0n) is 23.9. The molecule has 6 nitrogen and oxygen atoms in total. The number of H-pyrrole nitrogens is 1. The number of carbonyl (C=O) groups excluding carboxylic acids is 1. The van der Waals surface area contributed by atoms with Crippen LogP contribution in [0.4, 0.5) is 4.39 Å². The van der Waals surface area contributed by atoms with Gasteiger partial charge in [-0.05, 0) is 80.9 Å². The molecule has 1 heterocycles. The second-order valence-electron chi connectivity index (χ2n) is 10.4. The number of carbonyl (C=O) groups is 1. The van der Waals surface area contributed by atoms with Crippen LogP contribution in [0.2, 0.25) is 0 Å². The zero-order chi connectivity index (χ0) is 29.6. The maximum Gasteiger partial charge on any atom is 0.295 e. The average Bonchev–Trinajstić information content (AvgIpc) is 3.30. The van der Waals surface area contributed by atoms with Crippen LogP contribution in [0.25, 0.3) is 10.9 Å². The molecule has 2 aliphatic rings. The van der Waals surface area contributed by atoms with Gasteiger partial charge in [-0.25, -0.2) is 4.39 Å². The van der Waals surface area contributed by atoms with Gasteiger partial charge in [0.15, 0.2) is 5.88 Å². The van der Waals surface area contributed by atoms with E-state index in [9.17, 15) is 14.3 Å². The van der Waals surface area contributed by atoms with Crippen molar-refractivity contribution in [2.24, 2.45) is 4.99 Å². The number of amides is 1. The number of aromatic hydroxyl groups is 1. The number of halogens is 1. The number of fused-ring (bicyclic) bond motifs is 1. The second-order valence-corrected chi connectivity index (χ2v) is 11.5. The Labute approximate surface area is 249 Å². The van der Waals surface area contributed by atoms with Crippen molar-refractivity contribution in [3.8, 4) is 17.7 Å². The summed E-state index contributed by atoms with van der Waals surface area (Å²) in [6, 6.07) is 9.94. The number of aromatic amines is 1. The number of aromatic nitrogens is 1. The van der Waals surface area contributed by atoms with Crippen LogP contribution >= 0.6 is 11.8 Å². The van der Waals surface area contributed by atoms with Gasteiger partial charge < -0.3 is 20.3 Å². The number of benzene rings is 2. The van der Waals surface area contributed by atoms with E-state index in [1.165, 1.54) is 36.5 Å². The third-order valence-electron chi connectivity index (χ3n) is 6.91. The van der Waals surface area contributed by atoms with E-state index in [4.69, 9.17) is 4.99 Å². The number of nitrogens with one attached hydrogen (secondary N) is 2. The summed E-state index contributed by atoms with van der Waals surface area (Å²) in [4.78, 5) is 23.9. The first-order valence-corrected chi connectivity index (χ1v) is 14.7. The molecule has 5 rings (SSSR count). The highest BCUT2D eigenvalue weighted by atomic mass is 32.2. The predicted octanol–water partition coefficient (Wildman–Crippen LogP) is 6.14. The van der Waals surface area contributed by atoms with Gasteiger partial charge >= 0.3 is 0 Å². The molecule has 0 radical (unpaired) electrons. The van der Waals surface area contributed by atoms with Crippen molar-refractivity contribution in [2.45, 2.75) is 35.1 Å². The van der Waals surface area contributed by atoms with E-state index in [-0.39, 0.29) is 17.7 Å². The van der Waals surface area contributed by atoms with Gasteiger partial charge in [-0.3, -0.25) is 9.79 Å². The molecule has 0 bridgehead atoms. The monoisotopic (exact) mass is 580 g/mol. The quantitative estimate of drug-likeness (QED) is 0.232. The predicted molar refractivity (Wildman–Crippen MR) is 169 cm³/mol. The minimum atomic E-state index is -0.406. The molecule has 42 heavy (non-hydrogen) atoms. The Hall–Kier alpha value is -4.32. The van der Waals surface area contributed by atoms with E-state index in [1.807, 2.05) is 12.1 Å². The fraction of sp³-hybridized carbons (Fsp3) is 0.235. The average molecular weight is 581 g/mol. The summed E-state index contributed by atoms with van der Waals surface area (Å²) >= 11 is 1.42. The Morgan fingerprint density at radius 1 is 1.19 bits per heavy atom. The minimum Gasteiger partial charge on any atom is -0.494 e. The van der Waals surface area contributed by atoms with E-state index < -0.39 is 5.91 Å². The molecule has 214 valence electrons. The molecule has 0 saturated carbocycles. The lowest BCUT2D eigenvalue weighted by atomic mass is 9.95. The first-order valence-electron chi connectivity index (χ1n) is 13.8. The van der Waals surface area contributed by atoms with E-state index >= 15 is 0 Å². The van der Waals surface area contributed by atoms with Gasteiger partial charge in [-0.15, -0.1) is 0 Å². The number of hydrogen-bond acceptors (Lipinski definition) is 5. The highest BCUT2D eigenvalue weighted by Gasteiger charge is 2.23. The van der Waals surface area contributed by atoms with E-state index in [2.05, 4.69) is 77.6 Å². The number of likely N-dealkylation sites (N-methyl/N-ethyl adjacent to an activating group) is 1. The second kappa shape index (κ2) is 13.1. The fourth-order valence-corrected chi connectivity index (χ4v) is 5.84. The molecule has 0 spiro atoms. The molecular weight excluding hydrogens is 547 g/mol. The van der Waals surface area contributed by atoms with Gasteiger partial charge in [-0.2, -0.15) is 0 Å². The number of aliphatic imine (C=N–C) groups is 1. The molecule has 1 unspecified atom stereocenters. The number of rotatable bonds is 7. The number of hydrogen-bond donors (Lipinski definition) is 3. The van der Waals surface area contributed by atoms with Crippen molar-refractivity contribution in [1.29, 1.82) is 0 Å². The minimum absolute atomic E-state index is 0.0152. The van der Waals surface area contributed by atoms with Crippen LogP contribution in [-0.2, 0) is 4.79 Å². The lowest BCUT2D eigenvalue weighted by Crippen LogP contribution is -2.17. The number of allylic oxidation sites excluding steroid dienone is 4. The molecule has 0 aliphatic heterocycles. The largest absolute Gasteiger partial charge is 0.494 e. The van der Waals surface area contributed by atoms with Crippen LogP contribution < -0.4 is 5.32 Å². The maximum absolute atomic E-state index is 13.6. The molecule has 8 heteroatoms. The van der Waals surface area contributed by atoms with Crippen molar-refractivity contribution in [2.75, 3.05) is 27.7 Å². The van der Waals surface area contributed by atoms with Gasteiger partial charge in [-0.1, -0.05) is 54.1 Å². The lowest BCUT2D eigenvalue weighted by molar-refractivity contribution is -0.115. The van der Waals surface area contributed by atoms with Gasteiger partial charge in [0.2, 0.25) is 0 Å². The Bertz CT molecular complexity index is 1720. The van der Waals surface area contributed by atoms with E-state index in [0.717, 1.165) is 52.3 Å². The molecule has 3 aromatic rings. The van der Waals surface area contributed by atoms with Gasteiger partial charge in [0, 0.05) is 40.3 Å². The van der Waals surface area contributed by atoms with Crippen molar-refractivity contribution in [3.63, 3.8) is 0 Å². The molecule has 0 saturated heterocycles. The summed E-state index contributed by atoms with van der Waals surface area (Å²) in [6.07, 6.45) is 15.5. The standard InChI is InChI=1S/C34H33FN4O2S/c1-36-31(40)18-11-24-19-29-28(20-30(24)42-27-16-12-25(35)13-17-27)32(34(41)38-29)33(23-7-5-4-6-8-23)37-26-14-9-22(10-15-26)21-39(2)3/h5,7-10,12-14,16-17,19-20,26,38,41H,4,6,15,21H2,1-3H3,(H,36,40). The van der Waals surface area contributed by atoms with Crippen LogP contribution in [0.1, 0.15) is 30.4 Å². The van der Waals surface area contributed by atoms with Crippen LogP contribution in [0.3, 0.4) is 0 Å². The van der Waals surface area contributed by atoms with Crippen molar-refractivity contribution in [1.82, 2.24) is 15.2 Å². The molecule has 1 atom stereocenters. The summed E-state index contributed by atoms with van der Waals surface area (Å²) in [7, 11) is 5.63. The highest BCUT2D eigenvalue weighted by Crippen LogP contribution is 2.38. The van der Waals surface area contributed by atoms with Gasteiger partial charge in [0.1, 0.15) is 5.82 Å². The lowest BCUT2D eigenvalue weighted by Gasteiger charge is -2.18. The van der Waals surface area contributed by atoms with E-state index in [1.54, 1.807) is 12.1 Å². The third kappa shape index (κ3) is 6.93. The highest BCUT2D eigenvalue weighted by molar-refractivity contribution is 7.99. The van der Waals surface area contributed by atoms with Gasteiger partial charge in [0.05, 0.1) is 22.8 Å². The van der Waals surface area contributed by atoms with Crippen molar-refractivity contribution >= 4 is 34.3 Å². The third-order valence-corrected chi connectivity index (χ3v) is 7.98. The molecular formula is C34H33FN4O2S. The van der Waals surface area contributed by atoms with Crippen molar-refractivity contribution < 1.29 is 14.3 Å². The SMILES string of the molecule is CNC(=O)C#Cc1cc2[nH]c(O)c(C(=NC3C=CC(CN(C)C)=CC3)C3=CCCC=C3)c2cc1Sc1ccc(F)cc1. The Balaban J connectivity index is 1.63. The van der Waals surface area contributed by atoms with Gasteiger partial charge in [0.25, 0.3) is 5.91 Å². The first-order chi connectivity index (χ1) is 20.3. The Kier molecular flexibility index (Phi) is 9.11. The summed E-state index contributed by atoms with van der Waals surface area (Å²) in [6.45, 7) is 0.872. The normalized spacial score (nSPS) is 16.7. The molecule has 2 aliphatic carbocycles. The Morgan fingerprint density at radius 3 is 2.67 bits per heavy atom. The molecule has 0 fully saturated rings. The summed E-state index contributed by atoms with van der Waals surface area (Å²) in [5.41, 5.74) is 4.84. The molecule has 2 aromatic carbocycles. The smallest absolute Gasteiger partial charge is 0.295 e. The van der Waals surface area contributed by atoms with Crippen LogP contribution in [0, 0.1) is 17.7 Å². The summed E-state index contributed by atoms with van der Waals surface area (Å²) in [5, 5.41) is 14.6. The topological polar surface area (TPSA) is 80.7 Å². The number of nitrogens with zero attached hydrogens (tertiary/aromatic N) is 2. The fourth-order valence-electron chi connectivity index (χ4n) is 4.92. The van der Waals surface area contributed by atoms with Crippen LogP contribution in [0.5, 0.6) is 5.88 Å². The Morgan fingerprint density at radius 2 is 2.00 bits per heavy atom. The van der Waals surface area contributed by atoms with Crippen LogP contribution in [-0.4, -0.2) is 60.3 Å². The molecule has 3 N–H and O–H groups in total. The zero-order valence-corrected chi connectivity index (χ0v) is 24.7. The van der Waals surface area contributed by atoms with Crippen LogP contribution in [0.15, 0.2) is 98.8 Å².